The van der Waals surface area contributed by atoms with Crippen LogP contribution in [0.2, 0.25) is 0 Å². The highest BCUT2D eigenvalue weighted by Gasteiger charge is 2.18. The van der Waals surface area contributed by atoms with Gasteiger partial charge in [0.1, 0.15) is 17.6 Å². The molecule has 0 amide bonds. The van der Waals surface area contributed by atoms with Crippen molar-refractivity contribution in [1.82, 2.24) is 0 Å². The lowest BCUT2D eigenvalue weighted by Crippen LogP contribution is -2.29. The fraction of sp³-hybridized carbons (Fsp3) is 0.235. The van der Waals surface area contributed by atoms with Gasteiger partial charge in [0, 0.05) is 6.04 Å². The van der Waals surface area contributed by atoms with E-state index in [9.17, 15) is 0 Å². The molecule has 0 aliphatic heterocycles. The van der Waals surface area contributed by atoms with Crippen LogP contribution in [0.25, 0.3) is 0 Å². The van der Waals surface area contributed by atoms with E-state index in [1.54, 1.807) is 25.3 Å². The Kier molecular flexibility index (Phi) is 4.81. The number of nitriles is 1. The van der Waals surface area contributed by atoms with Gasteiger partial charge in [-0.15, -0.1) is 0 Å². The zero-order valence-electron chi connectivity index (χ0n) is 12.1. The molecule has 0 aromatic heterocycles. The Labute approximate surface area is 124 Å². The van der Waals surface area contributed by atoms with Crippen molar-refractivity contribution in [2.75, 3.05) is 7.11 Å². The molecule has 2 N–H and O–H groups in total. The summed E-state index contributed by atoms with van der Waals surface area (Å²) in [6, 6.07) is 16.6. The van der Waals surface area contributed by atoms with Crippen LogP contribution in [0.4, 0.5) is 0 Å². The van der Waals surface area contributed by atoms with Gasteiger partial charge in [-0.1, -0.05) is 18.2 Å². The van der Waals surface area contributed by atoms with Gasteiger partial charge in [0.15, 0.2) is 0 Å². The summed E-state index contributed by atoms with van der Waals surface area (Å²) < 4.78 is 11.1. The predicted molar refractivity (Wildman–Crippen MR) is 81.2 cm³/mol. The molecule has 4 heteroatoms. The number of hydrogen-bond acceptors (Lipinski definition) is 4. The Morgan fingerprint density at radius 3 is 2.38 bits per heavy atom. The minimum absolute atomic E-state index is 0.191. The summed E-state index contributed by atoms with van der Waals surface area (Å²) in [5.74, 6) is 1.42. The zero-order chi connectivity index (χ0) is 15.2. The molecule has 2 aromatic carbocycles. The number of nitrogens with two attached hydrogens (primary N) is 1. The average molecular weight is 282 g/mol. The second-order valence-electron chi connectivity index (χ2n) is 4.81. The number of hydrogen-bond donors (Lipinski definition) is 1. The van der Waals surface area contributed by atoms with E-state index in [2.05, 4.69) is 6.07 Å². The molecular formula is C17H18N2O2. The third-order valence-corrected chi connectivity index (χ3v) is 3.15. The molecule has 2 atom stereocenters. The van der Waals surface area contributed by atoms with E-state index in [0.29, 0.717) is 11.3 Å². The van der Waals surface area contributed by atoms with Gasteiger partial charge in [-0.3, -0.25) is 0 Å². The quantitative estimate of drug-likeness (QED) is 0.915. The van der Waals surface area contributed by atoms with Crippen LogP contribution in [0.1, 0.15) is 24.2 Å². The van der Waals surface area contributed by atoms with Crippen molar-refractivity contribution in [3.05, 3.63) is 59.7 Å². The van der Waals surface area contributed by atoms with Crippen LogP contribution in [0, 0.1) is 11.3 Å². The first-order valence-electron chi connectivity index (χ1n) is 6.70. The van der Waals surface area contributed by atoms with Crippen LogP contribution < -0.4 is 15.2 Å². The summed E-state index contributed by atoms with van der Waals surface area (Å²) in [6.07, 6.45) is -0.287. The SMILES string of the molecule is COc1ccc(C(Oc2cccc(C#N)c2)C(C)N)cc1. The van der Waals surface area contributed by atoms with Crippen molar-refractivity contribution < 1.29 is 9.47 Å². The molecule has 108 valence electrons. The van der Waals surface area contributed by atoms with Gasteiger partial charge in [0.2, 0.25) is 0 Å². The van der Waals surface area contributed by atoms with Crippen LogP contribution in [-0.4, -0.2) is 13.2 Å². The minimum atomic E-state index is -0.287. The lowest BCUT2D eigenvalue weighted by atomic mass is 10.0. The Morgan fingerprint density at radius 2 is 1.81 bits per heavy atom. The molecule has 0 radical (unpaired) electrons. The van der Waals surface area contributed by atoms with Gasteiger partial charge >= 0.3 is 0 Å². The topological polar surface area (TPSA) is 68.3 Å². The van der Waals surface area contributed by atoms with E-state index < -0.39 is 0 Å². The first-order chi connectivity index (χ1) is 10.1. The van der Waals surface area contributed by atoms with Crippen molar-refractivity contribution in [2.45, 2.75) is 19.1 Å². The largest absolute Gasteiger partial charge is 0.497 e. The van der Waals surface area contributed by atoms with Gasteiger partial charge in [0.05, 0.1) is 18.7 Å². The molecule has 0 aliphatic carbocycles. The molecule has 2 aromatic rings. The first kappa shape index (κ1) is 14.9. The monoisotopic (exact) mass is 282 g/mol. The summed E-state index contributed by atoms with van der Waals surface area (Å²) in [4.78, 5) is 0. The van der Waals surface area contributed by atoms with Crippen molar-refractivity contribution in [3.8, 4) is 17.6 Å². The molecule has 0 aliphatic rings. The van der Waals surface area contributed by atoms with Gasteiger partial charge in [-0.25, -0.2) is 0 Å². The summed E-state index contributed by atoms with van der Waals surface area (Å²) in [5.41, 5.74) is 7.56. The normalized spacial score (nSPS) is 13.0. The Hall–Kier alpha value is -2.51. The molecule has 0 bridgehead atoms. The lowest BCUT2D eigenvalue weighted by molar-refractivity contribution is 0.180. The lowest BCUT2D eigenvalue weighted by Gasteiger charge is -2.23. The highest BCUT2D eigenvalue weighted by Crippen LogP contribution is 2.26. The van der Waals surface area contributed by atoms with Crippen LogP contribution in [0.15, 0.2) is 48.5 Å². The molecule has 0 saturated carbocycles. The van der Waals surface area contributed by atoms with Gasteiger partial charge in [-0.05, 0) is 42.8 Å². The molecule has 0 heterocycles. The number of methoxy groups -OCH3 is 1. The van der Waals surface area contributed by atoms with E-state index in [4.69, 9.17) is 20.5 Å². The van der Waals surface area contributed by atoms with E-state index in [0.717, 1.165) is 11.3 Å². The Morgan fingerprint density at radius 1 is 1.10 bits per heavy atom. The summed E-state index contributed by atoms with van der Waals surface area (Å²) in [5, 5.41) is 8.94. The summed E-state index contributed by atoms with van der Waals surface area (Å²) >= 11 is 0. The minimum Gasteiger partial charge on any atom is -0.497 e. The van der Waals surface area contributed by atoms with Crippen LogP contribution in [0.5, 0.6) is 11.5 Å². The second-order valence-corrected chi connectivity index (χ2v) is 4.81. The molecule has 0 spiro atoms. The molecule has 4 nitrogen and oxygen atoms in total. The Bertz CT molecular complexity index is 630. The van der Waals surface area contributed by atoms with E-state index in [1.165, 1.54) is 0 Å². The highest BCUT2D eigenvalue weighted by atomic mass is 16.5. The van der Waals surface area contributed by atoms with Crippen LogP contribution in [0.3, 0.4) is 0 Å². The van der Waals surface area contributed by atoms with E-state index >= 15 is 0 Å². The van der Waals surface area contributed by atoms with Crippen molar-refractivity contribution >= 4 is 0 Å². The number of nitrogens with zero attached hydrogens (tertiary/aromatic N) is 1. The van der Waals surface area contributed by atoms with Gasteiger partial charge < -0.3 is 15.2 Å². The van der Waals surface area contributed by atoms with Crippen LogP contribution >= 0.6 is 0 Å². The second kappa shape index (κ2) is 6.78. The molecule has 0 fully saturated rings. The predicted octanol–water partition coefficient (Wildman–Crippen LogP) is 3.03. The third kappa shape index (κ3) is 3.74. The maximum atomic E-state index is 8.94. The number of benzene rings is 2. The fourth-order valence-corrected chi connectivity index (χ4v) is 2.06. The maximum absolute atomic E-state index is 8.94. The maximum Gasteiger partial charge on any atom is 0.138 e. The van der Waals surface area contributed by atoms with E-state index in [-0.39, 0.29) is 12.1 Å². The van der Waals surface area contributed by atoms with Gasteiger partial charge in [-0.2, -0.15) is 5.26 Å². The fourth-order valence-electron chi connectivity index (χ4n) is 2.06. The molecule has 0 saturated heterocycles. The average Bonchev–Trinajstić information content (AvgIpc) is 2.52. The van der Waals surface area contributed by atoms with Crippen molar-refractivity contribution in [1.29, 1.82) is 5.26 Å². The third-order valence-electron chi connectivity index (χ3n) is 3.15. The smallest absolute Gasteiger partial charge is 0.138 e. The standard InChI is InChI=1S/C17H18N2O2/c1-12(19)17(14-6-8-15(20-2)9-7-14)21-16-5-3-4-13(10-16)11-18/h3-10,12,17H,19H2,1-2H3. The highest BCUT2D eigenvalue weighted by molar-refractivity contribution is 5.37. The van der Waals surface area contributed by atoms with E-state index in [1.807, 2.05) is 37.3 Å². The summed E-state index contributed by atoms with van der Waals surface area (Å²) in [7, 11) is 1.63. The van der Waals surface area contributed by atoms with Crippen molar-refractivity contribution in [3.63, 3.8) is 0 Å². The molecule has 2 unspecified atom stereocenters. The van der Waals surface area contributed by atoms with Crippen molar-refractivity contribution in [2.24, 2.45) is 5.73 Å². The Balaban J connectivity index is 2.24. The molecule has 2 rings (SSSR count). The first-order valence-corrected chi connectivity index (χ1v) is 6.70. The summed E-state index contributed by atoms with van der Waals surface area (Å²) in [6.45, 7) is 1.89. The number of rotatable bonds is 5. The van der Waals surface area contributed by atoms with Gasteiger partial charge in [0.25, 0.3) is 0 Å². The zero-order valence-corrected chi connectivity index (χ0v) is 12.1. The van der Waals surface area contributed by atoms with Crippen LogP contribution in [-0.2, 0) is 0 Å². The molecule has 21 heavy (non-hydrogen) atoms. The number of ether oxygens (including phenoxy) is 2. The molecular weight excluding hydrogens is 264 g/mol.